The van der Waals surface area contributed by atoms with E-state index in [1.54, 1.807) is 0 Å². The number of nitrogen functional groups attached to an aromatic ring is 1. The smallest absolute Gasteiger partial charge is 0.130 e. The summed E-state index contributed by atoms with van der Waals surface area (Å²) in [5.74, 6) is 0.590. The number of nitrogens with one attached hydrogen (secondary N) is 1. The predicted molar refractivity (Wildman–Crippen MR) is 79.6 cm³/mol. The summed E-state index contributed by atoms with van der Waals surface area (Å²) < 4.78 is 0. The molecule has 1 aliphatic carbocycles. The second kappa shape index (κ2) is 5.03. The van der Waals surface area contributed by atoms with E-state index in [-0.39, 0.29) is 0 Å². The zero-order valence-corrected chi connectivity index (χ0v) is 12.1. The SMILES string of the molecule is CN1CCC(Nc2sc(C#N)c(N)c2C2CC2)CC1. The van der Waals surface area contributed by atoms with Gasteiger partial charge in [-0.15, -0.1) is 11.3 Å². The lowest BCUT2D eigenvalue weighted by molar-refractivity contribution is 0.264. The number of nitriles is 1. The van der Waals surface area contributed by atoms with E-state index in [0.29, 0.717) is 16.8 Å². The third-order valence-corrected chi connectivity index (χ3v) is 5.18. The molecule has 2 fully saturated rings. The van der Waals surface area contributed by atoms with E-state index in [4.69, 9.17) is 11.0 Å². The highest BCUT2D eigenvalue weighted by molar-refractivity contribution is 7.17. The molecule has 0 aromatic carbocycles. The molecule has 4 nitrogen and oxygen atoms in total. The molecule has 0 spiro atoms. The van der Waals surface area contributed by atoms with Gasteiger partial charge in [0.25, 0.3) is 0 Å². The summed E-state index contributed by atoms with van der Waals surface area (Å²) in [6.45, 7) is 2.28. The summed E-state index contributed by atoms with van der Waals surface area (Å²) in [7, 11) is 2.17. The predicted octanol–water partition coefficient (Wildman–Crippen LogP) is 2.59. The summed E-state index contributed by atoms with van der Waals surface area (Å²) >= 11 is 1.54. The number of piperidine rings is 1. The zero-order valence-electron chi connectivity index (χ0n) is 11.3. The van der Waals surface area contributed by atoms with Crippen LogP contribution in [0.5, 0.6) is 0 Å². The van der Waals surface area contributed by atoms with Crippen molar-refractivity contribution in [3.05, 3.63) is 10.4 Å². The van der Waals surface area contributed by atoms with Crippen molar-refractivity contribution in [2.75, 3.05) is 31.2 Å². The average Bonchev–Trinajstić information content (AvgIpc) is 3.18. The van der Waals surface area contributed by atoms with E-state index in [1.807, 2.05) is 0 Å². The lowest BCUT2D eigenvalue weighted by Crippen LogP contribution is -2.36. The lowest BCUT2D eigenvalue weighted by Gasteiger charge is -2.30. The van der Waals surface area contributed by atoms with E-state index in [2.05, 4.69) is 23.3 Å². The van der Waals surface area contributed by atoms with Gasteiger partial charge in [-0.2, -0.15) is 5.26 Å². The monoisotopic (exact) mass is 276 g/mol. The molecule has 5 heteroatoms. The number of thiophene rings is 1. The zero-order chi connectivity index (χ0) is 13.4. The fourth-order valence-electron chi connectivity index (χ4n) is 2.76. The molecule has 0 atom stereocenters. The Morgan fingerprint density at radius 1 is 1.32 bits per heavy atom. The first-order chi connectivity index (χ1) is 9.19. The Kier molecular flexibility index (Phi) is 3.38. The molecule has 19 heavy (non-hydrogen) atoms. The van der Waals surface area contributed by atoms with Gasteiger partial charge in [-0.1, -0.05) is 0 Å². The first-order valence-corrected chi connectivity index (χ1v) is 7.78. The summed E-state index contributed by atoms with van der Waals surface area (Å²) in [5, 5.41) is 14.0. The van der Waals surface area contributed by atoms with Crippen LogP contribution in [0.1, 0.15) is 42.0 Å². The van der Waals surface area contributed by atoms with Crippen LogP contribution >= 0.6 is 11.3 Å². The van der Waals surface area contributed by atoms with Crippen molar-refractivity contribution in [1.29, 1.82) is 5.26 Å². The van der Waals surface area contributed by atoms with Crippen LogP contribution in [0.3, 0.4) is 0 Å². The van der Waals surface area contributed by atoms with E-state index < -0.39 is 0 Å². The molecule has 102 valence electrons. The second-order valence-corrected chi connectivity index (χ2v) is 6.72. The van der Waals surface area contributed by atoms with Gasteiger partial charge in [0.2, 0.25) is 0 Å². The molecule has 1 aromatic rings. The number of nitrogens with zero attached hydrogens (tertiary/aromatic N) is 2. The molecular weight excluding hydrogens is 256 g/mol. The molecule has 0 radical (unpaired) electrons. The van der Waals surface area contributed by atoms with Crippen molar-refractivity contribution < 1.29 is 0 Å². The minimum absolute atomic E-state index is 0.526. The molecule has 0 unspecified atom stereocenters. The Bertz CT molecular complexity index is 504. The van der Waals surface area contributed by atoms with Crippen molar-refractivity contribution in [2.45, 2.75) is 37.6 Å². The molecule has 0 bridgehead atoms. The lowest BCUT2D eigenvalue weighted by atomic mass is 10.0. The van der Waals surface area contributed by atoms with Crippen LogP contribution in [0.2, 0.25) is 0 Å². The van der Waals surface area contributed by atoms with Gasteiger partial charge in [-0.3, -0.25) is 0 Å². The van der Waals surface area contributed by atoms with Gasteiger partial charge in [0.05, 0.1) is 10.7 Å². The van der Waals surface area contributed by atoms with Crippen LogP contribution in [-0.2, 0) is 0 Å². The van der Waals surface area contributed by atoms with E-state index in [9.17, 15) is 0 Å². The maximum atomic E-state index is 9.14. The van der Waals surface area contributed by atoms with Crippen molar-refractivity contribution in [1.82, 2.24) is 4.90 Å². The summed E-state index contributed by atoms with van der Waals surface area (Å²) in [6, 6.07) is 2.75. The van der Waals surface area contributed by atoms with E-state index in [1.165, 1.54) is 42.6 Å². The maximum absolute atomic E-state index is 9.14. The van der Waals surface area contributed by atoms with Gasteiger partial charge in [0, 0.05) is 11.6 Å². The summed E-state index contributed by atoms with van der Waals surface area (Å²) in [6.07, 6.45) is 4.77. The molecule has 3 rings (SSSR count). The van der Waals surface area contributed by atoms with E-state index >= 15 is 0 Å². The average molecular weight is 276 g/mol. The molecule has 1 saturated carbocycles. The number of rotatable bonds is 3. The van der Waals surface area contributed by atoms with Crippen LogP contribution in [-0.4, -0.2) is 31.1 Å². The molecule has 2 heterocycles. The van der Waals surface area contributed by atoms with Gasteiger partial charge < -0.3 is 16.0 Å². The quantitative estimate of drug-likeness (QED) is 0.890. The van der Waals surface area contributed by atoms with Crippen molar-refractivity contribution in [3.63, 3.8) is 0 Å². The Hall–Kier alpha value is -1.25. The van der Waals surface area contributed by atoms with Crippen LogP contribution < -0.4 is 11.1 Å². The van der Waals surface area contributed by atoms with Crippen LogP contribution in [0, 0.1) is 11.3 Å². The van der Waals surface area contributed by atoms with Crippen molar-refractivity contribution in [3.8, 4) is 6.07 Å². The molecular formula is C14H20N4S. The summed E-state index contributed by atoms with van der Waals surface area (Å²) in [4.78, 5) is 3.04. The van der Waals surface area contributed by atoms with Gasteiger partial charge in [-0.25, -0.2) is 0 Å². The normalized spacial score (nSPS) is 21.3. The maximum Gasteiger partial charge on any atom is 0.130 e. The van der Waals surface area contributed by atoms with Gasteiger partial charge in [0.15, 0.2) is 0 Å². The Morgan fingerprint density at radius 2 is 2.00 bits per heavy atom. The van der Waals surface area contributed by atoms with Crippen molar-refractivity contribution >= 4 is 22.0 Å². The van der Waals surface area contributed by atoms with E-state index in [0.717, 1.165) is 23.8 Å². The third kappa shape index (κ3) is 2.56. The molecule has 3 N–H and O–H groups in total. The largest absolute Gasteiger partial charge is 0.397 e. The third-order valence-electron chi connectivity index (χ3n) is 4.12. The van der Waals surface area contributed by atoms with Gasteiger partial charge in [-0.05, 0) is 51.7 Å². The minimum atomic E-state index is 0.526. The molecule has 0 amide bonds. The van der Waals surface area contributed by atoms with Gasteiger partial charge in [0.1, 0.15) is 10.9 Å². The van der Waals surface area contributed by atoms with Crippen LogP contribution in [0.25, 0.3) is 0 Å². The standard InChI is InChI=1S/C14H20N4S/c1-18-6-4-10(5-7-18)17-14-12(9-2-3-9)13(16)11(8-15)19-14/h9-10,17H,2-7,16H2,1H3. The molecule has 2 aliphatic rings. The first-order valence-electron chi connectivity index (χ1n) is 6.96. The number of hydrogen-bond donors (Lipinski definition) is 2. The number of anilines is 2. The highest BCUT2D eigenvalue weighted by Gasteiger charge is 2.32. The topological polar surface area (TPSA) is 65.1 Å². The Balaban J connectivity index is 1.78. The fourth-order valence-corrected chi connectivity index (χ4v) is 3.84. The molecule has 1 saturated heterocycles. The second-order valence-electron chi connectivity index (χ2n) is 5.70. The summed E-state index contributed by atoms with van der Waals surface area (Å²) in [5.41, 5.74) is 8.07. The fraction of sp³-hybridized carbons (Fsp3) is 0.643. The highest BCUT2D eigenvalue weighted by atomic mass is 32.1. The van der Waals surface area contributed by atoms with Crippen LogP contribution in [0.4, 0.5) is 10.7 Å². The van der Waals surface area contributed by atoms with Gasteiger partial charge >= 0.3 is 0 Å². The first kappa shape index (κ1) is 12.8. The van der Waals surface area contributed by atoms with Crippen molar-refractivity contribution in [2.24, 2.45) is 0 Å². The number of hydrogen-bond acceptors (Lipinski definition) is 5. The minimum Gasteiger partial charge on any atom is -0.397 e. The number of nitrogens with two attached hydrogens (primary N) is 1. The Labute approximate surface area is 118 Å². The molecule has 1 aromatic heterocycles. The Morgan fingerprint density at radius 3 is 2.58 bits per heavy atom. The highest BCUT2D eigenvalue weighted by Crippen LogP contribution is 2.50. The number of likely N-dealkylation sites (tertiary alicyclic amines) is 1. The molecule has 1 aliphatic heterocycles. The van der Waals surface area contributed by atoms with Crippen LogP contribution in [0.15, 0.2) is 0 Å².